The second-order valence-corrected chi connectivity index (χ2v) is 9.24. The summed E-state index contributed by atoms with van der Waals surface area (Å²) in [4.78, 5) is 29.9. The second-order valence-electron chi connectivity index (χ2n) is 8.24. The van der Waals surface area contributed by atoms with Crippen LogP contribution in [0.1, 0.15) is 41.3 Å². The van der Waals surface area contributed by atoms with E-state index in [1.807, 2.05) is 34.4 Å². The molecule has 0 aliphatic carbocycles. The predicted octanol–water partition coefficient (Wildman–Crippen LogP) is 3.12. The molecule has 4 rings (SSSR count). The normalized spacial score (nSPS) is 17.6. The molecule has 160 valence electrons. The van der Waals surface area contributed by atoms with Crippen molar-refractivity contribution in [2.45, 2.75) is 51.9 Å². The third-order valence-electron chi connectivity index (χ3n) is 6.01. The molecule has 1 fully saturated rings. The number of urea groups is 1. The largest absolute Gasteiger partial charge is 0.338 e. The molecule has 7 heteroatoms. The van der Waals surface area contributed by atoms with Gasteiger partial charge in [0.2, 0.25) is 5.91 Å². The number of fused-ring (bicyclic) bond motifs is 1. The summed E-state index contributed by atoms with van der Waals surface area (Å²) in [7, 11) is 0. The van der Waals surface area contributed by atoms with E-state index in [0.717, 1.165) is 43.6 Å². The molecule has 1 aromatic heterocycles. The maximum atomic E-state index is 12.3. The number of hydrogen-bond acceptors (Lipinski definition) is 4. The molecule has 0 saturated carbocycles. The topological polar surface area (TPSA) is 64.7 Å². The lowest BCUT2D eigenvalue weighted by molar-refractivity contribution is -0.128. The van der Waals surface area contributed by atoms with Gasteiger partial charge in [-0.1, -0.05) is 24.3 Å². The van der Waals surface area contributed by atoms with Crippen LogP contribution in [0.3, 0.4) is 0 Å². The highest BCUT2D eigenvalue weighted by molar-refractivity contribution is 7.10. The monoisotopic (exact) mass is 426 g/mol. The van der Waals surface area contributed by atoms with Gasteiger partial charge in [0.25, 0.3) is 0 Å². The van der Waals surface area contributed by atoms with Crippen LogP contribution in [0.4, 0.5) is 4.79 Å². The van der Waals surface area contributed by atoms with Crippen molar-refractivity contribution in [3.8, 4) is 0 Å². The molecule has 2 aromatic rings. The summed E-state index contributed by atoms with van der Waals surface area (Å²) < 4.78 is 0. The number of rotatable bonds is 7. The minimum atomic E-state index is -0.143. The summed E-state index contributed by atoms with van der Waals surface area (Å²) in [5.74, 6) is 0.232. The van der Waals surface area contributed by atoms with Crippen LogP contribution in [0.5, 0.6) is 0 Å². The molecular formula is C23H30N4O2S. The highest BCUT2D eigenvalue weighted by atomic mass is 32.1. The average molecular weight is 427 g/mol. The van der Waals surface area contributed by atoms with E-state index in [4.69, 9.17) is 0 Å². The van der Waals surface area contributed by atoms with Crippen molar-refractivity contribution in [3.05, 3.63) is 57.3 Å². The fourth-order valence-electron chi connectivity index (χ4n) is 4.19. The maximum Gasteiger partial charge on any atom is 0.315 e. The van der Waals surface area contributed by atoms with E-state index in [1.54, 1.807) is 0 Å². The lowest BCUT2D eigenvalue weighted by Crippen LogP contribution is -2.46. The smallest absolute Gasteiger partial charge is 0.315 e. The van der Waals surface area contributed by atoms with E-state index in [2.05, 4.69) is 40.0 Å². The molecule has 1 aromatic carbocycles. The molecule has 2 aliphatic heterocycles. The van der Waals surface area contributed by atoms with Gasteiger partial charge in [-0.25, -0.2) is 4.79 Å². The molecule has 0 radical (unpaired) electrons. The number of nitrogens with one attached hydrogen (secondary N) is 2. The van der Waals surface area contributed by atoms with Crippen LogP contribution in [0.15, 0.2) is 35.7 Å². The fraction of sp³-hybridized carbons (Fsp3) is 0.478. The Morgan fingerprint density at radius 3 is 2.87 bits per heavy atom. The van der Waals surface area contributed by atoms with Crippen LogP contribution in [-0.2, 0) is 30.8 Å². The van der Waals surface area contributed by atoms with Gasteiger partial charge in [0.15, 0.2) is 0 Å². The summed E-state index contributed by atoms with van der Waals surface area (Å²) >= 11 is 1.85. The number of benzene rings is 1. The van der Waals surface area contributed by atoms with Gasteiger partial charge in [-0.3, -0.25) is 9.69 Å². The Morgan fingerprint density at radius 2 is 2.03 bits per heavy atom. The Morgan fingerprint density at radius 1 is 1.17 bits per heavy atom. The van der Waals surface area contributed by atoms with E-state index in [1.165, 1.54) is 10.4 Å². The van der Waals surface area contributed by atoms with Crippen molar-refractivity contribution >= 4 is 23.3 Å². The molecule has 2 aliphatic rings. The fourth-order valence-corrected chi connectivity index (χ4v) is 5.08. The van der Waals surface area contributed by atoms with E-state index >= 15 is 0 Å². The third kappa shape index (κ3) is 5.21. The number of thiophene rings is 1. The van der Waals surface area contributed by atoms with Crippen molar-refractivity contribution in [1.82, 2.24) is 20.4 Å². The maximum absolute atomic E-state index is 12.3. The van der Waals surface area contributed by atoms with Crippen molar-refractivity contribution in [1.29, 1.82) is 0 Å². The second kappa shape index (κ2) is 9.62. The zero-order valence-corrected chi connectivity index (χ0v) is 18.3. The van der Waals surface area contributed by atoms with Crippen LogP contribution >= 0.6 is 11.3 Å². The Labute approximate surface area is 182 Å². The number of nitrogens with zero attached hydrogens (tertiary/aromatic N) is 2. The Bertz CT molecular complexity index is 897. The summed E-state index contributed by atoms with van der Waals surface area (Å²) in [6.45, 7) is 6.78. The number of likely N-dealkylation sites (tertiary alicyclic amines) is 1. The Kier molecular flexibility index (Phi) is 6.69. The first-order chi connectivity index (χ1) is 14.6. The van der Waals surface area contributed by atoms with Crippen LogP contribution in [0.2, 0.25) is 0 Å². The molecular weight excluding hydrogens is 396 g/mol. The van der Waals surface area contributed by atoms with Crippen LogP contribution in [-0.4, -0.2) is 47.4 Å². The van der Waals surface area contributed by atoms with Crippen molar-refractivity contribution < 1.29 is 9.59 Å². The zero-order chi connectivity index (χ0) is 20.9. The molecule has 1 saturated heterocycles. The van der Waals surface area contributed by atoms with Gasteiger partial charge in [-0.2, -0.15) is 0 Å². The highest BCUT2D eigenvalue weighted by Gasteiger charge is 2.22. The number of carbonyl (C=O) groups is 2. The van der Waals surface area contributed by atoms with Gasteiger partial charge in [0, 0.05) is 56.6 Å². The number of carbonyl (C=O) groups excluding carboxylic acids is 2. The highest BCUT2D eigenvalue weighted by Crippen LogP contribution is 2.25. The molecule has 0 spiro atoms. The van der Waals surface area contributed by atoms with Crippen molar-refractivity contribution in [2.24, 2.45) is 0 Å². The number of amides is 3. The minimum Gasteiger partial charge on any atom is -0.338 e. The molecule has 3 amide bonds. The standard InChI is InChI=1S/C23H30N4O2S/c1-17(26-10-7-21-20(16-26)8-11-30-21)13-24-23(29)25-14-18-4-2-5-19(12-18)15-27-9-3-6-22(27)28/h2,4-5,8,11-12,17H,3,6-7,9-10,13-16H2,1H3,(H2,24,25,29). The lowest BCUT2D eigenvalue weighted by atomic mass is 10.1. The Hall–Kier alpha value is -2.38. The lowest BCUT2D eigenvalue weighted by Gasteiger charge is -2.32. The van der Waals surface area contributed by atoms with Gasteiger partial charge in [-0.05, 0) is 47.9 Å². The molecule has 3 heterocycles. The van der Waals surface area contributed by atoms with Crippen LogP contribution < -0.4 is 10.6 Å². The van der Waals surface area contributed by atoms with Crippen molar-refractivity contribution in [2.75, 3.05) is 19.6 Å². The van der Waals surface area contributed by atoms with E-state index in [0.29, 0.717) is 32.1 Å². The third-order valence-corrected chi connectivity index (χ3v) is 7.03. The summed E-state index contributed by atoms with van der Waals surface area (Å²) in [6.07, 6.45) is 2.71. The summed E-state index contributed by atoms with van der Waals surface area (Å²) in [6, 6.07) is 10.5. The molecule has 0 bridgehead atoms. The van der Waals surface area contributed by atoms with E-state index in [-0.39, 0.29) is 11.9 Å². The predicted molar refractivity (Wildman–Crippen MR) is 119 cm³/mol. The van der Waals surface area contributed by atoms with Gasteiger partial charge in [0.1, 0.15) is 0 Å². The van der Waals surface area contributed by atoms with Gasteiger partial charge >= 0.3 is 6.03 Å². The SMILES string of the molecule is CC(CNC(=O)NCc1cccc(CN2CCCC2=O)c1)N1CCc2sccc2C1. The quantitative estimate of drug-likeness (QED) is 0.715. The first kappa shape index (κ1) is 20.9. The van der Waals surface area contributed by atoms with Crippen LogP contribution in [0, 0.1) is 0 Å². The zero-order valence-electron chi connectivity index (χ0n) is 17.5. The molecule has 2 N–H and O–H groups in total. The molecule has 30 heavy (non-hydrogen) atoms. The van der Waals surface area contributed by atoms with Crippen LogP contribution in [0.25, 0.3) is 0 Å². The first-order valence-electron chi connectivity index (χ1n) is 10.7. The van der Waals surface area contributed by atoms with Gasteiger partial charge < -0.3 is 15.5 Å². The molecule has 1 atom stereocenters. The molecule has 6 nitrogen and oxygen atoms in total. The Balaban J connectivity index is 1.20. The summed E-state index contributed by atoms with van der Waals surface area (Å²) in [5.41, 5.74) is 3.58. The minimum absolute atomic E-state index is 0.143. The van der Waals surface area contributed by atoms with Crippen molar-refractivity contribution in [3.63, 3.8) is 0 Å². The van der Waals surface area contributed by atoms with E-state index in [9.17, 15) is 9.59 Å². The van der Waals surface area contributed by atoms with Gasteiger partial charge in [0.05, 0.1) is 0 Å². The first-order valence-corrected chi connectivity index (χ1v) is 11.6. The average Bonchev–Trinajstić information content (AvgIpc) is 3.39. The van der Waals surface area contributed by atoms with E-state index < -0.39 is 0 Å². The summed E-state index contributed by atoms with van der Waals surface area (Å²) in [5, 5.41) is 8.13. The molecule has 1 unspecified atom stereocenters. The number of hydrogen-bond donors (Lipinski definition) is 2. The van der Waals surface area contributed by atoms with Gasteiger partial charge in [-0.15, -0.1) is 11.3 Å².